The number of hydrogen-bond acceptors (Lipinski definition) is 4. The molecule has 0 N–H and O–H groups in total. The molecule has 0 radical (unpaired) electrons. The molecule has 0 amide bonds. The second-order valence-electron chi connectivity index (χ2n) is 6.55. The van der Waals surface area contributed by atoms with Crippen LogP contribution in [0.1, 0.15) is 52.5 Å². The van der Waals surface area contributed by atoms with Crippen LogP contribution in [0.4, 0.5) is 0 Å². The fourth-order valence-electron chi connectivity index (χ4n) is 2.49. The molecule has 1 aromatic carbocycles. The van der Waals surface area contributed by atoms with E-state index in [4.69, 9.17) is 14.0 Å². The Hall–Kier alpha value is -1.28. The standard InChI is InChI=1S/C17H27O4P/c1-12(2)8-7-9-17(3,4)13-10-14(19-5)16(21-22-18)15(11-13)20-6/h10-12H,7-9H2,1-6H3. The molecule has 0 unspecified atom stereocenters. The SMILES string of the molecule is COc1cc(C(C)(C)CCCC(C)C)cc(OC)c1OP=O. The highest BCUT2D eigenvalue weighted by Gasteiger charge is 2.25. The van der Waals surface area contributed by atoms with E-state index in [1.54, 1.807) is 14.2 Å². The van der Waals surface area contributed by atoms with Crippen molar-refractivity contribution in [1.29, 1.82) is 0 Å². The monoisotopic (exact) mass is 326 g/mol. The zero-order valence-corrected chi connectivity index (χ0v) is 15.3. The van der Waals surface area contributed by atoms with Gasteiger partial charge in [-0.3, -0.25) is 0 Å². The van der Waals surface area contributed by atoms with Crippen LogP contribution in [0.15, 0.2) is 12.1 Å². The molecule has 1 aromatic rings. The summed E-state index contributed by atoms with van der Waals surface area (Å²) in [6.45, 7) is 8.92. The van der Waals surface area contributed by atoms with Crippen LogP contribution in [-0.2, 0) is 9.98 Å². The second kappa shape index (κ2) is 8.38. The highest BCUT2D eigenvalue weighted by Crippen LogP contribution is 2.44. The molecule has 0 spiro atoms. The maximum absolute atomic E-state index is 10.8. The molecule has 4 nitrogen and oxygen atoms in total. The van der Waals surface area contributed by atoms with Crippen molar-refractivity contribution in [2.24, 2.45) is 5.92 Å². The lowest BCUT2D eigenvalue weighted by Gasteiger charge is -2.27. The van der Waals surface area contributed by atoms with Gasteiger partial charge in [0.25, 0.3) is 0 Å². The number of benzene rings is 1. The third-order valence-corrected chi connectivity index (χ3v) is 4.21. The number of methoxy groups -OCH3 is 2. The highest BCUT2D eigenvalue weighted by molar-refractivity contribution is 7.17. The summed E-state index contributed by atoms with van der Waals surface area (Å²) in [5.74, 6) is 2.15. The average molecular weight is 326 g/mol. The summed E-state index contributed by atoms with van der Waals surface area (Å²) in [5.41, 5.74) is 1.13. The van der Waals surface area contributed by atoms with E-state index < -0.39 is 8.69 Å². The molecular weight excluding hydrogens is 299 g/mol. The zero-order chi connectivity index (χ0) is 16.8. The van der Waals surface area contributed by atoms with Crippen LogP contribution in [0.3, 0.4) is 0 Å². The Morgan fingerprint density at radius 1 is 1.14 bits per heavy atom. The van der Waals surface area contributed by atoms with Crippen molar-refractivity contribution < 1.29 is 18.6 Å². The largest absolute Gasteiger partial charge is 0.493 e. The lowest BCUT2D eigenvalue weighted by atomic mass is 9.79. The van der Waals surface area contributed by atoms with Crippen molar-refractivity contribution in [3.05, 3.63) is 17.7 Å². The lowest BCUT2D eigenvalue weighted by molar-refractivity contribution is 0.359. The topological polar surface area (TPSA) is 44.8 Å². The molecule has 0 aromatic heterocycles. The number of ether oxygens (including phenoxy) is 2. The van der Waals surface area contributed by atoms with Gasteiger partial charge in [0.1, 0.15) is 0 Å². The Morgan fingerprint density at radius 2 is 1.68 bits per heavy atom. The molecule has 1 rings (SSSR count). The first-order valence-corrected chi connectivity index (χ1v) is 8.35. The van der Waals surface area contributed by atoms with Gasteiger partial charge < -0.3 is 14.0 Å². The van der Waals surface area contributed by atoms with Crippen LogP contribution in [0.2, 0.25) is 0 Å². The van der Waals surface area contributed by atoms with Crippen LogP contribution in [-0.4, -0.2) is 14.2 Å². The second-order valence-corrected chi connectivity index (χ2v) is 6.88. The van der Waals surface area contributed by atoms with E-state index in [9.17, 15) is 4.57 Å². The Bertz CT molecular complexity index is 472. The van der Waals surface area contributed by atoms with Gasteiger partial charge in [-0.15, -0.1) is 0 Å². The first-order valence-electron chi connectivity index (χ1n) is 7.62. The van der Waals surface area contributed by atoms with Crippen LogP contribution < -0.4 is 14.0 Å². The normalized spacial score (nSPS) is 11.8. The minimum atomic E-state index is -0.430. The molecule has 0 atom stereocenters. The molecule has 5 heteroatoms. The van der Waals surface area contributed by atoms with Crippen LogP contribution >= 0.6 is 8.69 Å². The predicted octanol–water partition coefficient (Wildman–Crippen LogP) is 5.39. The van der Waals surface area contributed by atoms with Gasteiger partial charge in [0.15, 0.2) is 11.5 Å². The van der Waals surface area contributed by atoms with E-state index in [2.05, 4.69) is 27.7 Å². The fourth-order valence-corrected chi connectivity index (χ4v) is 2.75. The quantitative estimate of drug-likeness (QED) is 0.570. The minimum absolute atomic E-state index is 0.00313. The molecule has 124 valence electrons. The summed E-state index contributed by atoms with van der Waals surface area (Å²) < 4.78 is 26.6. The van der Waals surface area contributed by atoms with Crippen LogP contribution in [0, 0.1) is 5.92 Å². The van der Waals surface area contributed by atoms with Crippen LogP contribution in [0.25, 0.3) is 0 Å². The molecule has 0 bridgehead atoms. The van der Waals surface area contributed by atoms with E-state index in [-0.39, 0.29) is 5.41 Å². The van der Waals surface area contributed by atoms with E-state index in [0.29, 0.717) is 23.2 Å². The lowest BCUT2D eigenvalue weighted by Crippen LogP contribution is -2.17. The minimum Gasteiger partial charge on any atom is -0.493 e. The molecule has 0 aliphatic rings. The third-order valence-electron chi connectivity index (χ3n) is 3.95. The van der Waals surface area contributed by atoms with Crippen molar-refractivity contribution >= 4 is 8.69 Å². The maximum Gasteiger partial charge on any atom is 0.396 e. The summed E-state index contributed by atoms with van der Waals surface area (Å²) in [4.78, 5) is 0. The molecule has 0 saturated heterocycles. The van der Waals surface area contributed by atoms with E-state index in [1.807, 2.05) is 12.1 Å². The first-order chi connectivity index (χ1) is 10.4. The van der Waals surface area contributed by atoms with Gasteiger partial charge in [-0.1, -0.05) is 40.5 Å². The first kappa shape index (κ1) is 18.8. The van der Waals surface area contributed by atoms with E-state index in [1.165, 1.54) is 12.8 Å². The molecule has 0 aliphatic carbocycles. The van der Waals surface area contributed by atoms with Crippen molar-refractivity contribution in [2.45, 2.75) is 52.4 Å². The van der Waals surface area contributed by atoms with Gasteiger partial charge in [-0.25, -0.2) is 4.57 Å². The number of hydrogen-bond donors (Lipinski definition) is 0. The van der Waals surface area contributed by atoms with Gasteiger partial charge in [-0.05, 0) is 35.4 Å². The van der Waals surface area contributed by atoms with Crippen molar-refractivity contribution in [2.75, 3.05) is 14.2 Å². The Labute approximate surface area is 135 Å². The third kappa shape index (κ3) is 4.88. The Kier molecular flexibility index (Phi) is 7.15. The van der Waals surface area contributed by atoms with Gasteiger partial charge in [0.05, 0.1) is 14.2 Å². The molecule has 0 fully saturated rings. The Morgan fingerprint density at radius 3 is 2.09 bits per heavy atom. The summed E-state index contributed by atoms with van der Waals surface area (Å²) in [6, 6.07) is 3.89. The predicted molar refractivity (Wildman–Crippen MR) is 89.5 cm³/mol. The van der Waals surface area contributed by atoms with Gasteiger partial charge in [-0.2, -0.15) is 0 Å². The van der Waals surface area contributed by atoms with Gasteiger partial charge >= 0.3 is 8.69 Å². The summed E-state index contributed by atoms with van der Waals surface area (Å²) >= 11 is 0. The summed E-state index contributed by atoms with van der Waals surface area (Å²) in [7, 11) is 2.71. The highest BCUT2D eigenvalue weighted by atomic mass is 31.1. The van der Waals surface area contributed by atoms with E-state index in [0.717, 1.165) is 12.0 Å². The van der Waals surface area contributed by atoms with Gasteiger partial charge in [0.2, 0.25) is 5.75 Å². The molecule has 0 saturated carbocycles. The van der Waals surface area contributed by atoms with Crippen molar-refractivity contribution in [3.8, 4) is 17.2 Å². The van der Waals surface area contributed by atoms with Crippen molar-refractivity contribution in [3.63, 3.8) is 0 Å². The smallest absolute Gasteiger partial charge is 0.396 e. The summed E-state index contributed by atoms with van der Waals surface area (Å²) in [6.07, 6.45) is 3.47. The Balaban J connectivity index is 3.10. The summed E-state index contributed by atoms with van der Waals surface area (Å²) in [5, 5.41) is 0. The van der Waals surface area contributed by atoms with E-state index >= 15 is 0 Å². The zero-order valence-electron chi connectivity index (χ0n) is 14.4. The van der Waals surface area contributed by atoms with Gasteiger partial charge in [0, 0.05) is 0 Å². The maximum atomic E-state index is 10.8. The molecule has 0 heterocycles. The molecule has 22 heavy (non-hydrogen) atoms. The fraction of sp³-hybridized carbons (Fsp3) is 0.647. The number of rotatable bonds is 9. The molecular formula is C17H27O4P. The van der Waals surface area contributed by atoms with Crippen molar-refractivity contribution in [1.82, 2.24) is 0 Å². The van der Waals surface area contributed by atoms with Crippen LogP contribution in [0.5, 0.6) is 17.2 Å². The molecule has 0 aliphatic heterocycles. The average Bonchev–Trinajstić information content (AvgIpc) is 2.46.